The normalized spacial score (nSPS) is 12.0. The van der Waals surface area contributed by atoms with E-state index in [9.17, 15) is 4.79 Å². The molecular weight excluding hydrogens is 468 g/mol. The lowest BCUT2D eigenvalue weighted by atomic mass is 10.1. The Morgan fingerprint density at radius 1 is 0.917 bits per heavy atom. The smallest absolute Gasteiger partial charge is 0.256 e. The number of amides is 1. The second kappa shape index (κ2) is 16.6. The molecule has 1 amide bonds. The van der Waals surface area contributed by atoms with Crippen LogP contribution in [-0.2, 0) is 4.84 Å². The number of benzene rings is 2. The van der Waals surface area contributed by atoms with Gasteiger partial charge in [-0.3, -0.25) is 10.0 Å². The molecule has 36 heavy (non-hydrogen) atoms. The van der Waals surface area contributed by atoms with Crippen molar-refractivity contribution in [3.63, 3.8) is 0 Å². The number of rotatable bonds is 14. The summed E-state index contributed by atoms with van der Waals surface area (Å²) in [5, 5.41) is 11.4. The molecule has 0 saturated carbocycles. The molecule has 0 aromatic heterocycles. The van der Waals surface area contributed by atoms with E-state index in [1.54, 1.807) is 23.5 Å². The van der Waals surface area contributed by atoms with Crippen LogP contribution >= 0.6 is 11.8 Å². The molecule has 2 rings (SSSR count). The van der Waals surface area contributed by atoms with E-state index in [1.807, 2.05) is 48.5 Å². The average molecular weight is 507 g/mol. The van der Waals surface area contributed by atoms with Crippen molar-refractivity contribution in [2.45, 2.75) is 58.3 Å². The van der Waals surface area contributed by atoms with Gasteiger partial charge in [0, 0.05) is 16.3 Å². The first kappa shape index (κ1) is 29.2. The molecule has 2 aromatic rings. The van der Waals surface area contributed by atoms with Crippen LogP contribution in [-0.4, -0.2) is 16.9 Å². The monoisotopic (exact) mass is 506 g/mol. The maximum atomic E-state index is 12.9. The van der Waals surface area contributed by atoms with Gasteiger partial charge in [0.15, 0.2) is 0 Å². The van der Waals surface area contributed by atoms with E-state index >= 15 is 0 Å². The Balaban J connectivity index is 1.87. The van der Waals surface area contributed by atoms with Crippen molar-refractivity contribution in [2.75, 3.05) is 11.1 Å². The van der Waals surface area contributed by atoms with Crippen molar-refractivity contribution in [3.05, 3.63) is 101 Å². The van der Waals surface area contributed by atoms with Gasteiger partial charge in [-0.2, -0.15) is 0 Å². The lowest BCUT2D eigenvalue weighted by Crippen LogP contribution is -2.12. The molecule has 2 aromatic carbocycles. The van der Waals surface area contributed by atoms with Gasteiger partial charge in [-0.05, 0) is 94.9 Å². The minimum Gasteiger partial charge on any atom is -0.391 e. The van der Waals surface area contributed by atoms with E-state index in [-0.39, 0.29) is 5.91 Å². The summed E-state index contributed by atoms with van der Waals surface area (Å²) in [6, 6.07) is 15.0. The van der Waals surface area contributed by atoms with E-state index in [2.05, 4.69) is 56.1 Å². The molecule has 0 atom stereocenters. The molecule has 0 spiro atoms. The SMILES string of the molecule is CC(C)=CCCC(C)=CCC/C(C)=C/CSc1ccccc1C(=O)Nc1ccc(C=CONO)cc1. The van der Waals surface area contributed by atoms with Gasteiger partial charge < -0.3 is 10.2 Å². The van der Waals surface area contributed by atoms with Crippen molar-refractivity contribution in [2.24, 2.45) is 0 Å². The number of allylic oxidation sites excluding steroid dienone is 5. The molecule has 0 fully saturated rings. The highest BCUT2D eigenvalue weighted by Crippen LogP contribution is 2.25. The van der Waals surface area contributed by atoms with Gasteiger partial charge >= 0.3 is 0 Å². The predicted molar refractivity (Wildman–Crippen MR) is 152 cm³/mol. The summed E-state index contributed by atoms with van der Waals surface area (Å²) in [5.41, 5.74) is 8.03. The van der Waals surface area contributed by atoms with Crippen LogP contribution in [0.3, 0.4) is 0 Å². The average Bonchev–Trinajstić information content (AvgIpc) is 2.85. The second-order valence-corrected chi connectivity index (χ2v) is 9.92. The molecule has 0 bridgehead atoms. The van der Waals surface area contributed by atoms with Crippen molar-refractivity contribution in [1.29, 1.82) is 0 Å². The minimum absolute atomic E-state index is 0.136. The first-order valence-corrected chi connectivity index (χ1v) is 13.2. The maximum absolute atomic E-state index is 12.9. The van der Waals surface area contributed by atoms with Gasteiger partial charge in [0.25, 0.3) is 5.91 Å². The molecule has 192 valence electrons. The zero-order chi connectivity index (χ0) is 26.2. The standard InChI is InChI=1S/C30H38N2O3S/c1-23(2)9-7-10-24(3)11-8-12-25(4)20-22-36-29-14-6-5-13-28(29)30(33)31-27-17-15-26(16-18-27)19-21-35-32-34/h5-6,9,11,13-21,32,34H,7-8,10,12,22H2,1-4H3,(H,31,33)/b21-19?,24-11?,25-20+. The van der Waals surface area contributed by atoms with Gasteiger partial charge in [0.05, 0.1) is 5.56 Å². The van der Waals surface area contributed by atoms with Crippen LogP contribution in [0.15, 0.2) is 94.6 Å². The van der Waals surface area contributed by atoms with Crippen LogP contribution in [0.2, 0.25) is 0 Å². The van der Waals surface area contributed by atoms with Crippen LogP contribution in [0, 0.1) is 0 Å². The molecule has 0 aliphatic rings. The lowest BCUT2D eigenvalue weighted by Gasteiger charge is -2.10. The fourth-order valence-corrected chi connectivity index (χ4v) is 4.45. The van der Waals surface area contributed by atoms with Gasteiger partial charge in [0.1, 0.15) is 6.26 Å². The minimum atomic E-state index is -0.136. The van der Waals surface area contributed by atoms with E-state index in [4.69, 9.17) is 5.21 Å². The largest absolute Gasteiger partial charge is 0.391 e. The number of nitrogens with one attached hydrogen (secondary N) is 2. The summed E-state index contributed by atoms with van der Waals surface area (Å²) in [6.07, 6.45) is 14.3. The first-order chi connectivity index (χ1) is 17.4. The predicted octanol–water partition coefficient (Wildman–Crippen LogP) is 8.33. The van der Waals surface area contributed by atoms with E-state index in [1.165, 1.54) is 23.0 Å². The Hall–Kier alpha value is -3.06. The number of carbonyl (C=O) groups excluding carboxylic acids is 1. The maximum Gasteiger partial charge on any atom is 0.256 e. The Morgan fingerprint density at radius 3 is 2.28 bits per heavy atom. The van der Waals surface area contributed by atoms with Crippen molar-refractivity contribution in [1.82, 2.24) is 5.64 Å². The molecule has 0 aliphatic heterocycles. The second-order valence-electron chi connectivity index (χ2n) is 8.85. The van der Waals surface area contributed by atoms with Gasteiger partial charge in [0.2, 0.25) is 0 Å². The Kier molecular flexibility index (Phi) is 13.4. The van der Waals surface area contributed by atoms with Crippen LogP contribution in [0.25, 0.3) is 6.08 Å². The number of hydrogen-bond acceptors (Lipinski definition) is 5. The number of anilines is 1. The zero-order valence-corrected chi connectivity index (χ0v) is 22.5. The molecule has 3 N–H and O–H groups in total. The quantitative estimate of drug-likeness (QED) is 0.104. The molecule has 0 saturated heterocycles. The summed E-state index contributed by atoms with van der Waals surface area (Å²) in [5.74, 6) is 0.689. The third-order valence-corrected chi connectivity index (χ3v) is 6.48. The fourth-order valence-electron chi connectivity index (χ4n) is 3.41. The Labute approximate surface area is 219 Å². The van der Waals surface area contributed by atoms with Crippen LogP contribution in [0.5, 0.6) is 0 Å². The molecule has 0 unspecified atom stereocenters. The third kappa shape index (κ3) is 11.6. The summed E-state index contributed by atoms with van der Waals surface area (Å²) < 4.78 is 0. The van der Waals surface area contributed by atoms with Crippen LogP contribution in [0.4, 0.5) is 5.69 Å². The highest BCUT2D eigenvalue weighted by atomic mass is 32.2. The summed E-state index contributed by atoms with van der Waals surface area (Å²) >= 11 is 1.67. The molecule has 0 heterocycles. The summed E-state index contributed by atoms with van der Waals surface area (Å²) in [4.78, 5) is 18.4. The number of carbonyl (C=O) groups is 1. The molecule has 6 heteroatoms. The Morgan fingerprint density at radius 2 is 1.58 bits per heavy atom. The molecule has 5 nitrogen and oxygen atoms in total. The first-order valence-electron chi connectivity index (χ1n) is 12.2. The van der Waals surface area contributed by atoms with Crippen LogP contribution in [0.1, 0.15) is 69.3 Å². The third-order valence-electron chi connectivity index (χ3n) is 5.47. The number of thioether (sulfide) groups is 1. The van der Waals surface area contributed by atoms with Gasteiger partial charge in [-0.1, -0.05) is 59.2 Å². The topological polar surface area (TPSA) is 70.6 Å². The summed E-state index contributed by atoms with van der Waals surface area (Å²) in [6.45, 7) is 8.68. The number of hydrogen-bond donors (Lipinski definition) is 3. The van der Waals surface area contributed by atoms with Crippen molar-refractivity contribution < 1.29 is 14.8 Å². The highest BCUT2D eigenvalue weighted by molar-refractivity contribution is 7.99. The molecular formula is C30H38N2O3S. The zero-order valence-electron chi connectivity index (χ0n) is 21.7. The van der Waals surface area contributed by atoms with Crippen LogP contribution < -0.4 is 11.0 Å². The highest BCUT2D eigenvalue weighted by Gasteiger charge is 2.11. The van der Waals surface area contributed by atoms with E-state index < -0.39 is 0 Å². The van der Waals surface area contributed by atoms with Crippen molar-refractivity contribution in [3.8, 4) is 0 Å². The fraction of sp³-hybridized carbons (Fsp3) is 0.300. The molecule has 0 aliphatic carbocycles. The molecule has 0 radical (unpaired) electrons. The lowest BCUT2D eigenvalue weighted by molar-refractivity contribution is -0.0776. The summed E-state index contributed by atoms with van der Waals surface area (Å²) in [7, 11) is 0. The van der Waals surface area contributed by atoms with Gasteiger partial charge in [-0.15, -0.1) is 11.8 Å². The van der Waals surface area contributed by atoms with E-state index in [0.29, 0.717) is 11.3 Å². The van der Waals surface area contributed by atoms with Crippen molar-refractivity contribution >= 4 is 29.4 Å². The Bertz CT molecular complexity index is 1080. The van der Waals surface area contributed by atoms with Gasteiger partial charge in [-0.25, -0.2) is 0 Å². The van der Waals surface area contributed by atoms with E-state index in [0.717, 1.165) is 41.9 Å².